The van der Waals surface area contributed by atoms with E-state index in [4.69, 9.17) is 5.73 Å². The molecule has 0 aliphatic carbocycles. The third kappa shape index (κ3) is 3.94. The summed E-state index contributed by atoms with van der Waals surface area (Å²) in [6, 6.07) is 10.9. The van der Waals surface area contributed by atoms with Crippen molar-refractivity contribution in [3.05, 3.63) is 35.9 Å². The zero-order chi connectivity index (χ0) is 15.2. The molecule has 0 aliphatic rings. The second-order valence-corrected chi connectivity index (χ2v) is 5.81. The van der Waals surface area contributed by atoms with Crippen molar-refractivity contribution < 1.29 is 0 Å². The molecule has 0 fully saturated rings. The standard InChI is InChI=1S/C18H27N3/c1-4-6-11-21(14(3)5-2)13-16-12-15-9-7-8-10-17(15)20-18(16)19/h7-10,12,14H,4-6,11,13H2,1-3H3,(H2,19,20). The maximum atomic E-state index is 6.17. The highest BCUT2D eigenvalue weighted by molar-refractivity contribution is 5.81. The van der Waals surface area contributed by atoms with E-state index in [0.29, 0.717) is 11.9 Å². The minimum atomic E-state index is 0.572. The van der Waals surface area contributed by atoms with Gasteiger partial charge in [0.1, 0.15) is 5.82 Å². The van der Waals surface area contributed by atoms with E-state index in [1.54, 1.807) is 0 Å². The van der Waals surface area contributed by atoms with Crippen molar-refractivity contribution in [1.82, 2.24) is 9.88 Å². The van der Waals surface area contributed by atoms with Gasteiger partial charge >= 0.3 is 0 Å². The van der Waals surface area contributed by atoms with Crippen LogP contribution in [0.2, 0.25) is 0 Å². The van der Waals surface area contributed by atoms with Crippen LogP contribution in [0.1, 0.15) is 45.6 Å². The number of pyridine rings is 1. The van der Waals surface area contributed by atoms with E-state index in [1.165, 1.54) is 18.2 Å². The van der Waals surface area contributed by atoms with E-state index < -0.39 is 0 Å². The van der Waals surface area contributed by atoms with Crippen LogP contribution in [0.15, 0.2) is 30.3 Å². The Bertz CT molecular complexity index is 580. The SMILES string of the molecule is CCCCN(Cc1cc2ccccc2nc1N)C(C)CC. The summed E-state index contributed by atoms with van der Waals surface area (Å²) in [4.78, 5) is 7.06. The molecule has 0 amide bonds. The van der Waals surface area contributed by atoms with Crippen molar-refractivity contribution in [1.29, 1.82) is 0 Å². The molecule has 0 bridgehead atoms. The highest BCUT2D eigenvalue weighted by Crippen LogP contribution is 2.21. The molecule has 0 radical (unpaired) electrons. The van der Waals surface area contributed by atoms with Crippen LogP contribution in [0.5, 0.6) is 0 Å². The van der Waals surface area contributed by atoms with Crippen molar-refractivity contribution in [2.45, 2.75) is 52.6 Å². The minimum Gasteiger partial charge on any atom is -0.383 e. The zero-order valence-corrected chi connectivity index (χ0v) is 13.5. The summed E-state index contributed by atoms with van der Waals surface area (Å²) in [6.45, 7) is 8.78. The minimum absolute atomic E-state index is 0.572. The van der Waals surface area contributed by atoms with E-state index in [-0.39, 0.29) is 0 Å². The lowest BCUT2D eigenvalue weighted by atomic mass is 10.1. The molecule has 0 saturated carbocycles. The number of para-hydroxylation sites is 1. The first-order valence-corrected chi connectivity index (χ1v) is 8.03. The number of nitrogen functional groups attached to an aromatic ring is 1. The fourth-order valence-electron chi connectivity index (χ4n) is 2.59. The fraction of sp³-hybridized carbons (Fsp3) is 0.500. The molecule has 0 spiro atoms. The topological polar surface area (TPSA) is 42.2 Å². The molecule has 3 heteroatoms. The monoisotopic (exact) mass is 285 g/mol. The molecule has 21 heavy (non-hydrogen) atoms. The molecular weight excluding hydrogens is 258 g/mol. The second-order valence-electron chi connectivity index (χ2n) is 5.81. The van der Waals surface area contributed by atoms with Crippen LogP contribution in [0.25, 0.3) is 10.9 Å². The maximum Gasteiger partial charge on any atom is 0.128 e. The Labute approximate surface area is 128 Å². The molecule has 1 aromatic heterocycles. The van der Waals surface area contributed by atoms with Gasteiger partial charge in [-0.25, -0.2) is 4.98 Å². The Kier molecular flexibility index (Phi) is 5.57. The first kappa shape index (κ1) is 15.8. The van der Waals surface area contributed by atoms with Crippen molar-refractivity contribution in [3.8, 4) is 0 Å². The fourth-order valence-corrected chi connectivity index (χ4v) is 2.59. The van der Waals surface area contributed by atoms with Crippen LogP contribution in [0, 0.1) is 0 Å². The number of benzene rings is 1. The quantitative estimate of drug-likeness (QED) is 0.828. The molecule has 0 aliphatic heterocycles. The molecule has 2 N–H and O–H groups in total. The number of nitrogens with zero attached hydrogens (tertiary/aromatic N) is 2. The van der Waals surface area contributed by atoms with Crippen molar-refractivity contribution in [3.63, 3.8) is 0 Å². The lowest BCUT2D eigenvalue weighted by Crippen LogP contribution is -2.33. The molecule has 1 aromatic carbocycles. The van der Waals surface area contributed by atoms with Gasteiger partial charge in [0.25, 0.3) is 0 Å². The number of anilines is 1. The second kappa shape index (κ2) is 7.41. The van der Waals surface area contributed by atoms with E-state index in [2.05, 4.69) is 42.8 Å². The zero-order valence-electron chi connectivity index (χ0n) is 13.5. The number of hydrogen-bond acceptors (Lipinski definition) is 3. The number of hydrogen-bond donors (Lipinski definition) is 1. The Morgan fingerprint density at radius 1 is 1.24 bits per heavy atom. The molecule has 2 rings (SSSR count). The van der Waals surface area contributed by atoms with Crippen LogP contribution < -0.4 is 5.73 Å². The highest BCUT2D eigenvalue weighted by Gasteiger charge is 2.14. The van der Waals surface area contributed by atoms with Crippen LogP contribution in [0.4, 0.5) is 5.82 Å². The third-order valence-electron chi connectivity index (χ3n) is 4.22. The Morgan fingerprint density at radius 3 is 2.71 bits per heavy atom. The summed E-state index contributed by atoms with van der Waals surface area (Å²) >= 11 is 0. The summed E-state index contributed by atoms with van der Waals surface area (Å²) in [5, 5.41) is 1.17. The highest BCUT2D eigenvalue weighted by atomic mass is 15.1. The normalized spacial score (nSPS) is 13.0. The van der Waals surface area contributed by atoms with Gasteiger partial charge in [-0.05, 0) is 38.4 Å². The number of unbranched alkanes of at least 4 members (excludes halogenated alkanes) is 1. The van der Waals surface area contributed by atoms with Gasteiger partial charge in [0, 0.05) is 23.5 Å². The Balaban J connectivity index is 2.24. The summed E-state index contributed by atoms with van der Waals surface area (Å²) in [5.74, 6) is 0.665. The van der Waals surface area contributed by atoms with Crippen LogP contribution >= 0.6 is 0 Å². The van der Waals surface area contributed by atoms with Gasteiger partial charge in [0.2, 0.25) is 0 Å². The van der Waals surface area contributed by atoms with Crippen LogP contribution in [-0.2, 0) is 6.54 Å². The van der Waals surface area contributed by atoms with Gasteiger partial charge < -0.3 is 5.73 Å². The summed E-state index contributed by atoms with van der Waals surface area (Å²) in [7, 11) is 0. The van der Waals surface area contributed by atoms with Gasteiger partial charge in [0.05, 0.1) is 5.52 Å². The largest absolute Gasteiger partial charge is 0.383 e. The number of fused-ring (bicyclic) bond motifs is 1. The smallest absolute Gasteiger partial charge is 0.128 e. The van der Waals surface area contributed by atoms with Gasteiger partial charge in [-0.2, -0.15) is 0 Å². The average molecular weight is 285 g/mol. The van der Waals surface area contributed by atoms with Gasteiger partial charge in [-0.3, -0.25) is 4.90 Å². The van der Waals surface area contributed by atoms with E-state index in [1.807, 2.05) is 18.2 Å². The van der Waals surface area contributed by atoms with Gasteiger partial charge in [0.15, 0.2) is 0 Å². The molecule has 1 unspecified atom stereocenters. The Hall–Kier alpha value is -1.61. The molecule has 1 atom stereocenters. The van der Waals surface area contributed by atoms with E-state index in [0.717, 1.165) is 30.6 Å². The van der Waals surface area contributed by atoms with Crippen molar-refractivity contribution >= 4 is 16.7 Å². The molecule has 1 heterocycles. The van der Waals surface area contributed by atoms with Gasteiger partial charge in [-0.1, -0.05) is 38.5 Å². The lowest BCUT2D eigenvalue weighted by Gasteiger charge is -2.28. The first-order valence-electron chi connectivity index (χ1n) is 8.03. The third-order valence-corrected chi connectivity index (χ3v) is 4.22. The predicted molar refractivity (Wildman–Crippen MR) is 91.2 cm³/mol. The van der Waals surface area contributed by atoms with E-state index >= 15 is 0 Å². The average Bonchev–Trinajstić information content (AvgIpc) is 2.51. The molecule has 114 valence electrons. The molecule has 2 aromatic rings. The predicted octanol–water partition coefficient (Wildman–Crippen LogP) is 4.22. The van der Waals surface area contributed by atoms with E-state index in [9.17, 15) is 0 Å². The van der Waals surface area contributed by atoms with Gasteiger partial charge in [-0.15, -0.1) is 0 Å². The number of rotatable bonds is 7. The molecule has 0 saturated heterocycles. The summed E-state index contributed by atoms with van der Waals surface area (Å²) < 4.78 is 0. The number of aromatic nitrogens is 1. The van der Waals surface area contributed by atoms with Crippen LogP contribution in [0.3, 0.4) is 0 Å². The number of nitrogens with two attached hydrogens (primary N) is 1. The lowest BCUT2D eigenvalue weighted by molar-refractivity contribution is 0.192. The molecule has 3 nitrogen and oxygen atoms in total. The summed E-state index contributed by atoms with van der Waals surface area (Å²) in [6.07, 6.45) is 3.61. The molecular formula is C18H27N3. The Morgan fingerprint density at radius 2 is 2.00 bits per heavy atom. The summed E-state index contributed by atoms with van der Waals surface area (Å²) in [5.41, 5.74) is 8.29. The maximum absolute atomic E-state index is 6.17. The van der Waals surface area contributed by atoms with Crippen molar-refractivity contribution in [2.75, 3.05) is 12.3 Å². The first-order chi connectivity index (χ1) is 10.2. The van der Waals surface area contributed by atoms with Crippen molar-refractivity contribution in [2.24, 2.45) is 0 Å². The van der Waals surface area contributed by atoms with Crippen LogP contribution in [-0.4, -0.2) is 22.5 Å².